The number of para-hydroxylation sites is 1. The standard InChI is InChI=1S/C19H23NO/c1-2-8-16(9-3-1)10-6-7-14-20-18-13-15-21-19-12-5-4-11-17(18)19/h1-5,8-9,11-12,18,20H,6-7,10,13-15H2. The molecule has 21 heavy (non-hydrogen) atoms. The summed E-state index contributed by atoms with van der Waals surface area (Å²) in [6, 6.07) is 19.6. The number of unbranched alkanes of at least 4 members (excludes halogenated alkanes) is 1. The summed E-state index contributed by atoms with van der Waals surface area (Å²) >= 11 is 0. The lowest BCUT2D eigenvalue weighted by molar-refractivity contribution is 0.252. The van der Waals surface area contributed by atoms with Crippen LogP contribution in [0.15, 0.2) is 54.6 Å². The number of ether oxygens (including phenoxy) is 1. The number of rotatable bonds is 6. The first-order chi connectivity index (χ1) is 10.4. The summed E-state index contributed by atoms with van der Waals surface area (Å²) in [5.74, 6) is 1.05. The van der Waals surface area contributed by atoms with Gasteiger partial charge in [-0.3, -0.25) is 0 Å². The summed E-state index contributed by atoms with van der Waals surface area (Å²) in [4.78, 5) is 0. The fraction of sp³-hybridized carbons (Fsp3) is 0.368. The Kier molecular flexibility index (Phi) is 4.90. The molecule has 0 saturated heterocycles. The third-order valence-corrected chi connectivity index (χ3v) is 4.08. The SMILES string of the molecule is c1ccc(CCCCNC2CCOc3ccccc32)cc1. The first kappa shape index (κ1) is 14.2. The molecule has 110 valence electrons. The molecule has 2 heteroatoms. The topological polar surface area (TPSA) is 21.3 Å². The molecule has 0 aromatic heterocycles. The van der Waals surface area contributed by atoms with Gasteiger partial charge in [0, 0.05) is 18.0 Å². The van der Waals surface area contributed by atoms with Crippen molar-refractivity contribution in [2.75, 3.05) is 13.2 Å². The van der Waals surface area contributed by atoms with Crippen molar-refractivity contribution in [2.24, 2.45) is 0 Å². The number of nitrogens with one attached hydrogen (secondary N) is 1. The van der Waals surface area contributed by atoms with Gasteiger partial charge in [-0.2, -0.15) is 0 Å². The van der Waals surface area contributed by atoms with Gasteiger partial charge in [0.05, 0.1) is 6.61 Å². The maximum Gasteiger partial charge on any atom is 0.124 e. The van der Waals surface area contributed by atoms with E-state index in [1.54, 1.807) is 0 Å². The zero-order chi connectivity index (χ0) is 14.3. The second kappa shape index (κ2) is 7.28. The summed E-state index contributed by atoms with van der Waals surface area (Å²) in [7, 11) is 0. The smallest absolute Gasteiger partial charge is 0.124 e. The second-order valence-corrected chi connectivity index (χ2v) is 5.62. The zero-order valence-electron chi connectivity index (χ0n) is 12.4. The van der Waals surface area contributed by atoms with Crippen molar-refractivity contribution in [2.45, 2.75) is 31.7 Å². The highest BCUT2D eigenvalue weighted by atomic mass is 16.5. The average molecular weight is 281 g/mol. The van der Waals surface area contributed by atoms with Crippen LogP contribution in [0.5, 0.6) is 5.75 Å². The van der Waals surface area contributed by atoms with E-state index in [4.69, 9.17) is 4.74 Å². The molecule has 0 fully saturated rings. The zero-order valence-corrected chi connectivity index (χ0v) is 12.4. The fourth-order valence-electron chi connectivity index (χ4n) is 2.93. The molecule has 3 rings (SSSR count). The van der Waals surface area contributed by atoms with E-state index in [9.17, 15) is 0 Å². The molecule has 2 nitrogen and oxygen atoms in total. The van der Waals surface area contributed by atoms with E-state index in [0.717, 1.165) is 25.3 Å². The quantitative estimate of drug-likeness (QED) is 0.804. The molecule has 0 bridgehead atoms. The largest absolute Gasteiger partial charge is 0.493 e. The Balaban J connectivity index is 1.42. The van der Waals surface area contributed by atoms with Crippen LogP contribution in [0.4, 0.5) is 0 Å². The second-order valence-electron chi connectivity index (χ2n) is 5.62. The van der Waals surface area contributed by atoms with Crippen LogP contribution in [-0.4, -0.2) is 13.2 Å². The summed E-state index contributed by atoms with van der Waals surface area (Å²) < 4.78 is 5.70. The Morgan fingerprint density at radius 1 is 0.952 bits per heavy atom. The van der Waals surface area contributed by atoms with Crippen LogP contribution in [0.1, 0.15) is 36.4 Å². The van der Waals surface area contributed by atoms with E-state index in [2.05, 4.69) is 53.8 Å². The molecule has 1 atom stereocenters. The van der Waals surface area contributed by atoms with E-state index < -0.39 is 0 Å². The number of fused-ring (bicyclic) bond motifs is 1. The highest BCUT2D eigenvalue weighted by Crippen LogP contribution is 2.31. The van der Waals surface area contributed by atoms with Gasteiger partial charge < -0.3 is 10.1 Å². The van der Waals surface area contributed by atoms with Crippen LogP contribution >= 0.6 is 0 Å². The van der Waals surface area contributed by atoms with Gasteiger partial charge in [-0.05, 0) is 37.4 Å². The normalized spacial score (nSPS) is 17.0. The third kappa shape index (κ3) is 3.85. The minimum Gasteiger partial charge on any atom is -0.493 e. The molecule has 1 heterocycles. The van der Waals surface area contributed by atoms with Crippen LogP contribution in [0.2, 0.25) is 0 Å². The fourth-order valence-corrected chi connectivity index (χ4v) is 2.93. The molecule has 2 aromatic carbocycles. The lowest BCUT2D eigenvalue weighted by Crippen LogP contribution is -2.27. The van der Waals surface area contributed by atoms with E-state index in [1.165, 1.54) is 30.4 Å². The van der Waals surface area contributed by atoms with Crippen LogP contribution in [0.25, 0.3) is 0 Å². The highest BCUT2D eigenvalue weighted by Gasteiger charge is 2.19. The molecule has 2 aromatic rings. The van der Waals surface area contributed by atoms with E-state index in [1.807, 2.05) is 6.07 Å². The predicted octanol–water partition coefficient (Wildman–Crippen LogP) is 4.12. The maximum absolute atomic E-state index is 5.70. The first-order valence-corrected chi connectivity index (χ1v) is 7.92. The summed E-state index contributed by atoms with van der Waals surface area (Å²) in [6.07, 6.45) is 4.69. The van der Waals surface area contributed by atoms with Crippen molar-refractivity contribution >= 4 is 0 Å². The van der Waals surface area contributed by atoms with Crippen LogP contribution < -0.4 is 10.1 Å². The lowest BCUT2D eigenvalue weighted by atomic mass is 10.0. The summed E-state index contributed by atoms with van der Waals surface area (Å²) in [5.41, 5.74) is 2.75. The summed E-state index contributed by atoms with van der Waals surface area (Å²) in [6.45, 7) is 1.89. The molecule has 1 unspecified atom stereocenters. The van der Waals surface area contributed by atoms with Crippen molar-refractivity contribution in [3.05, 3.63) is 65.7 Å². The van der Waals surface area contributed by atoms with Crippen molar-refractivity contribution in [3.63, 3.8) is 0 Å². The molecule has 0 radical (unpaired) electrons. The minimum absolute atomic E-state index is 0.451. The maximum atomic E-state index is 5.70. The van der Waals surface area contributed by atoms with Crippen molar-refractivity contribution in [3.8, 4) is 5.75 Å². The molecule has 0 aliphatic carbocycles. The minimum atomic E-state index is 0.451. The van der Waals surface area contributed by atoms with Gasteiger partial charge in [-0.1, -0.05) is 48.5 Å². The van der Waals surface area contributed by atoms with Gasteiger partial charge in [-0.15, -0.1) is 0 Å². The number of aryl methyl sites for hydroxylation is 1. The lowest BCUT2D eigenvalue weighted by Gasteiger charge is -2.26. The Hall–Kier alpha value is -1.80. The van der Waals surface area contributed by atoms with Crippen molar-refractivity contribution in [1.29, 1.82) is 0 Å². The molecule has 1 N–H and O–H groups in total. The van der Waals surface area contributed by atoms with E-state index in [0.29, 0.717) is 6.04 Å². The molecular formula is C19H23NO. The average Bonchev–Trinajstić information content (AvgIpc) is 2.56. The van der Waals surface area contributed by atoms with Crippen molar-refractivity contribution in [1.82, 2.24) is 5.32 Å². The third-order valence-electron chi connectivity index (χ3n) is 4.08. The van der Waals surface area contributed by atoms with Crippen LogP contribution in [-0.2, 0) is 6.42 Å². The highest BCUT2D eigenvalue weighted by molar-refractivity contribution is 5.37. The number of hydrogen-bond acceptors (Lipinski definition) is 2. The van der Waals surface area contributed by atoms with Gasteiger partial charge in [0.15, 0.2) is 0 Å². The molecular weight excluding hydrogens is 258 g/mol. The Bertz CT molecular complexity index is 553. The van der Waals surface area contributed by atoms with Gasteiger partial charge in [0.25, 0.3) is 0 Å². The van der Waals surface area contributed by atoms with Gasteiger partial charge >= 0.3 is 0 Å². The molecule has 0 saturated carbocycles. The Morgan fingerprint density at radius 3 is 2.67 bits per heavy atom. The van der Waals surface area contributed by atoms with E-state index >= 15 is 0 Å². The monoisotopic (exact) mass is 281 g/mol. The molecule has 0 amide bonds. The predicted molar refractivity (Wildman–Crippen MR) is 86.7 cm³/mol. The van der Waals surface area contributed by atoms with Gasteiger partial charge in [0.2, 0.25) is 0 Å². The van der Waals surface area contributed by atoms with Gasteiger partial charge in [-0.25, -0.2) is 0 Å². The summed E-state index contributed by atoms with van der Waals surface area (Å²) in [5, 5.41) is 3.68. The van der Waals surface area contributed by atoms with Crippen molar-refractivity contribution < 1.29 is 4.74 Å². The number of hydrogen-bond donors (Lipinski definition) is 1. The molecule has 1 aliphatic heterocycles. The van der Waals surface area contributed by atoms with Crippen LogP contribution in [0.3, 0.4) is 0 Å². The Morgan fingerprint density at radius 2 is 1.76 bits per heavy atom. The van der Waals surface area contributed by atoms with Crippen LogP contribution in [0, 0.1) is 0 Å². The Labute approximate surface area is 127 Å². The van der Waals surface area contributed by atoms with E-state index in [-0.39, 0.29) is 0 Å². The number of benzene rings is 2. The first-order valence-electron chi connectivity index (χ1n) is 7.92. The molecule has 1 aliphatic rings. The van der Waals surface area contributed by atoms with Gasteiger partial charge in [0.1, 0.15) is 5.75 Å². The molecule has 0 spiro atoms.